The average Bonchev–Trinajstić information content (AvgIpc) is 2.71. The van der Waals surface area contributed by atoms with E-state index in [-0.39, 0.29) is 16.8 Å². The van der Waals surface area contributed by atoms with E-state index in [0.29, 0.717) is 48.7 Å². The number of alkyl halides is 3. The Morgan fingerprint density at radius 1 is 1.19 bits per heavy atom. The second-order valence-corrected chi connectivity index (χ2v) is 8.01. The predicted octanol–water partition coefficient (Wildman–Crippen LogP) is 6.35. The molecule has 0 bridgehead atoms. The van der Waals surface area contributed by atoms with Gasteiger partial charge in [-0.25, -0.2) is 0 Å². The summed E-state index contributed by atoms with van der Waals surface area (Å²) in [5.41, 5.74) is -0.200. The Hall–Kier alpha value is -2.16. The third-order valence-electron chi connectivity index (χ3n) is 4.12. The lowest BCUT2D eigenvalue weighted by Crippen LogP contribution is -2.25. The average molecular weight is 512 g/mol. The van der Waals surface area contributed by atoms with Gasteiger partial charge in [0.2, 0.25) is 0 Å². The van der Waals surface area contributed by atoms with Crippen LogP contribution in [0.2, 0.25) is 5.02 Å². The minimum atomic E-state index is -4.49. The fourth-order valence-corrected chi connectivity index (χ4v) is 2.99. The van der Waals surface area contributed by atoms with Crippen molar-refractivity contribution in [2.24, 2.45) is 0 Å². The molecule has 174 valence electrons. The number of benzene rings is 1. The Balaban J connectivity index is 1.73. The molecule has 0 aliphatic rings. The summed E-state index contributed by atoms with van der Waals surface area (Å²) in [6, 6.07) is 5.26. The van der Waals surface area contributed by atoms with Crippen molar-refractivity contribution < 1.29 is 27.4 Å². The lowest BCUT2D eigenvalue weighted by Gasteiger charge is -2.13. The van der Waals surface area contributed by atoms with Gasteiger partial charge in [0.1, 0.15) is 28.3 Å². The number of nitrogens with one attached hydrogen (secondary N) is 1. The van der Waals surface area contributed by atoms with Crippen LogP contribution in [0.25, 0.3) is 0 Å². The summed E-state index contributed by atoms with van der Waals surface area (Å²) in [6.07, 6.45) is -1.14. The van der Waals surface area contributed by atoms with Gasteiger partial charge in [-0.2, -0.15) is 13.2 Å². The van der Waals surface area contributed by atoms with E-state index in [4.69, 9.17) is 44.3 Å². The molecule has 5 nitrogen and oxygen atoms in total. The highest BCUT2D eigenvalue weighted by Gasteiger charge is 2.30. The Bertz CT molecular complexity index is 925. The van der Waals surface area contributed by atoms with Gasteiger partial charge < -0.3 is 14.8 Å². The van der Waals surface area contributed by atoms with Crippen LogP contribution in [0.1, 0.15) is 34.5 Å². The molecular weight excluding hydrogens is 492 g/mol. The van der Waals surface area contributed by atoms with Gasteiger partial charge in [0.05, 0.1) is 17.2 Å². The van der Waals surface area contributed by atoms with Crippen molar-refractivity contribution in [3.05, 3.63) is 62.9 Å². The number of aromatic nitrogens is 1. The quantitative estimate of drug-likeness (QED) is 0.378. The highest BCUT2D eigenvalue weighted by molar-refractivity contribution is 6.55. The number of rotatable bonds is 10. The molecule has 1 amide bonds. The first-order chi connectivity index (χ1) is 15.1. The fourth-order valence-electron chi connectivity index (χ4n) is 2.56. The predicted molar refractivity (Wildman–Crippen MR) is 118 cm³/mol. The van der Waals surface area contributed by atoms with Crippen LogP contribution in [-0.4, -0.2) is 30.6 Å². The largest absolute Gasteiger partial charge is 0.492 e. The molecule has 2 aromatic rings. The van der Waals surface area contributed by atoms with Crippen molar-refractivity contribution >= 4 is 40.7 Å². The van der Waals surface area contributed by atoms with Crippen LogP contribution in [0.5, 0.6) is 11.5 Å². The Morgan fingerprint density at radius 3 is 2.53 bits per heavy atom. The third kappa shape index (κ3) is 8.41. The van der Waals surface area contributed by atoms with E-state index in [1.807, 2.05) is 6.92 Å². The van der Waals surface area contributed by atoms with Gasteiger partial charge in [0, 0.05) is 18.8 Å². The van der Waals surface area contributed by atoms with Crippen molar-refractivity contribution in [1.82, 2.24) is 10.3 Å². The molecule has 1 aromatic heterocycles. The number of carbonyl (C=O) groups is 1. The highest BCUT2D eigenvalue weighted by atomic mass is 35.5. The van der Waals surface area contributed by atoms with Crippen molar-refractivity contribution in [3.63, 3.8) is 0 Å². The summed E-state index contributed by atoms with van der Waals surface area (Å²) < 4.78 is 48.9. The first kappa shape index (κ1) is 26.1. The van der Waals surface area contributed by atoms with E-state index in [0.717, 1.165) is 17.7 Å². The van der Waals surface area contributed by atoms with Gasteiger partial charge in [-0.3, -0.25) is 9.78 Å². The summed E-state index contributed by atoms with van der Waals surface area (Å²) in [6.45, 7) is 2.71. The maximum absolute atomic E-state index is 12.5. The molecule has 0 fully saturated rings. The zero-order valence-electron chi connectivity index (χ0n) is 16.9. The molecule has 2 rings (SSSR count). The molecule has 0 radical (unpaired) electrons. The van der Waals surface area contributed by atoms with Gasteiger partial charge in [-0.1, -0.05) is 34.8 Å². The normalized spacial score (nSPS) is 11.1. The SMILES string of the molecule is Cc1cc(OCC=C(Cl)Cl)cc(Cl)c1OCCCCNC(=O)c1ccc(C(F)(F)F)cn1. The van der Waals surface area contributed by atoms with Crippen LogP contribution in [0.4, 0.5) is 13.2 Å². The smallest absolute Gasteiger partial charge is 0.417 e. The van der Waals surface area contributed by atoms with Gasteiger partial charge in [0.25, 0.3) is 5.91 Å². The minimum Gasteiger partial charge on any atom is -0.492 e. The van der Waals surface area contributed by atoms with E-state index in [9.17, 15) is 18.0 Å². The summed E-state index contributed by atoms with van der Waals surface area (Å²) in [5.74, 6) is 0.535. The second-order valence-electron chi connectivity index (χ2n) is 6.60. The van der Waals surface area contributed by atoms with E-state index in [1.165, 1.54) is 6.08 Å². The first-order valence-corrected chi connectivity index (χ1v) is 10.6. The maximum Gasteiger partial charge on any atom is 0.417 e. The number of nitrogens with zero attached hydrogens (tertiary/aromatic N) is 1. The standard InChI is InChI=1S/C21H20Cl3F3N2O3/c1-13-10-15(31-9-6-18(23)24)11-16(22)19(13)32-8-3-2-7-28-20(30)17-5-4-14(12-29-17)21(25,26)27/h4-6,10-12H,2-3,7-9H2,1H3,(H,28,30). The van der Waals surface area contributed by atoms with Gasteiger partial charge in [0.15, 0.2) is 0 Å². The number of hydrogen-bond donors (Lipinski definition) is 1. The molecule has 0 spiro atoms. The number of halogens is 6. The fraction of sp³-hybridized carbons (Fsp3) is 0.333. The number of carbonyl (C=O) groups excluding carboxylic acids is 1. The Kier molecular flexibility index (Phi) is 9.93. The van der Waals surface area contributed by atoms with E-state index in [2.05, 4.69) is 10.3 Å². The lowest BCUT2D eigenvalue weighted by atomic mass is 10.2. The zero-order valence-corrected chi connectivity index (χ0v) is 19.2. The van der Waals surface area contributed by atoms with Crippen molar-refractivity contribution in [2.75, 3.05) is 19.8 Å². The molecule has 0 saturated carbocycles. The van der Waals surface area contributed by atoms with Crippen LogP contribution in [-0.2, 0) is 6.18 Å². The number of pyridine rings is 1. The molecule has 32 heavy (non-hydrogen) atoms. The molecule has 11 heteroatoms. The number of amides is 1. The Labute approximate surface area is 198 Å². The molecular formula is C21H20Cl3F3N2O3. The second kappa shape index (κ2) is 12.2. The first-order valence-electron chi connectivity index (χ1n) is 9.46. The Morgan fingerprint density at radius 2 is 1.94 bits per heavy atom. The summed E-state index contributed by atoms with van der Waals surface area (Å²) in [4.78, 5) is 15.5. The van der Waals surface area contributed by atoms with Crippen molar-refractivity contribution in [3.8, 4) is 11.5 Å². The van der Waals surface area contributed by atoms with Gasteiger partial charge in [-0.15, -0.1) is 0 Å². The molecule has 0 unspecified atom stereocenters. The van der Waals surface area contributed by atoms with Crippen molar-refractivity contribution in [1.29, 1.82) is 0 Å². The van der Waals surface area contributed by atoms with Gasteiger partial charge >= 0.3 is 6.18 Å². The van der Waals surface area contributed by atoms with Crippen molar-refractivity contribution in [2.45, 2.75) is 25.9 Å². The summed E-state index contributed by atoms with van der Waals surface area (Å²) in [5, 5.41) is 3.00. The lowest BCUT2D eigenvalue weighted by molar-refractivity contribution is -0.137. The molecule has 1 heterocycles. The number of aryl methyl sites for hydroxylation is 1. The molecule has 0 aliphatic carbocycles. The van der Waals surface area contributed by atoms with Crippen LogP contribution in [0, 0.1) is 6.92 Å². The molecule has 0 atom stereocenters. The number of hydrogen-bond acceptors (Lipinski definition) is 4. The molecule has 1 aromatic carbocycles. The van der Waals surface area contributed by atoms with E-state index < -0.39 is 17.6 Å². The zero-order chi connectivity index (χ0) is 23.7. The van der Waals surface area contributed by atoms with Gasteiger partial charge in [-0.05, 0) is 49.6 Å². The van der Waals surface area contributed by atoms with Crippen LogP contribution in [0.3, 0.4) is 0 Å². The van der Waals surface area contributed by atoms with Crippen LogP contribution < -0.4 is 14.8 Å². The van der Waals surface area contributed by atoms with Crippen LogP contribution in [0.15, 0.2) is 41.0 Å². The van der Waals surface area contributed by atoms with E-state index >= 15 is 0 Å². The maximum atomic E-state index is 12.5. The number of ether oxygens (including phenoxy) is 2. The summed E-state index contributed by atoms with van der Waals surface area (Å²) in [7, 11) is 0. The minimum absolute atomic E-state index is 0.0808. The van der Waals surface area contributed by atoms with Crippen LogP contribution >= 0.6 is 34.8 Å². The molecule has 1 N–H and O–H groups in total. The molecule has 0 aliphatic heterocycles. The monoisotopic (exact) mass is 510 g/mol. The highest BCUT2D eigenvalue weighted by Crippen LogP contribution is 2.33. The summed E-state index contributed by atoms with van der Waals surface area (Å²) >= 11 is 17.3. The number of unbranched alkanes of at least 4 members (excludes halogenated alkanes) is 1. The topological polar surface area (TPSA) is 60.5 Å². The third-order valence-corrected chi connectivity index (χ3v) is 4.71. The molecule has 0 saturated heterocycles. The van der Waals surface area contributed by atoms with E-state index in [1.54, 1.807) is 12.1 Å².